The van der Waals surface area contributed by atoms with Crippen LogP contribution in [0.2, 0.25) is 0 Å². The monoisotopic (exact) mass is 636 g/mol. The third kappa shape index (κ3) is 5.45. The van der Waals surface area contributed by atoms with Gasteiger partial charge in [0, 0.05) is 24.5 Å². The normalized spacial score (nSPS) is 16.4. The summed E-state index contributed by atoms with van der Waals surface area (Å²) >= 11 is 0. The van der Waals surface area contributed by atoms with Crippen LogP contribution in [-0.2, 0) is 0 Å². The van der Waals surface area contributed by atoms with E-state index in [2.05, 4.69) is 15.3 Å². The Morgan fingerprint density at radius 1 is 0.894 bits per heavy atom. The van der Waals surface area contributed by atoms with Gasteiger partial charge in [-0.15, -0.1) is 0 Å². The van der Waals surface area contributed by atoms with E-state index in [9.17, 15) is 33.1 Å². The Bertz CT molecular complexity index is 2340. The van der Waals surface area contributed by atoms with Gasteiger partial charge >= 0.3 is 11.7 Å². The van der Waals surface area contributed by atoms with Crippen molar-refractivity contribution in [1.29, 1.82) is 0 Å². The lowest BCUT2D eigenvalue weighted by molar-refractivity contribution is 0.0697. The third-order valence-corrected chi connectivity index (χ3v) is 8.51. The molecule has 0 spiro atoms. The number of carboxylic acids is 1. The van der Waals surface area contributed by atoms with Crippen molar-refractivity contribution in [3.63, 3.8) is 0 Å². The SMILES string of the molecule is O=C(N[C@H]1CC[C@@H](n2c(=O)c3cc(F)cnc3n(-c3cccc(-c4ccccc4C(=O)O)c3)c2=O)CC1)c1cn2cc(F)ccc2n1. The number of aromatic nitrogens is 5. The largest absolute Gasteiger partial charge is 0.478 e. The van der Waals surface area contributed by atoms with Gasteiger partial charge in [-0.3, -0.25) is 14.2 Å². The first-order chi connectivity index (χ1) is 22.7. The van der Waals surface area contributed by atoms with Gasteiger partial charge < -0.3 is 14.8 Å². The molecule has 47 heavy (non-hydrogen) atoms. The number of halogens is 2. The fourth-order valence-corrected chi connectivity index (χ4v) is 6.28. The zero-order chi connectivity index (χ0) is 32.8. The maximum absolute atomic E-state index is 14.4. The maximum Gasteiger partial charge on any atom is 0.337 e. The zero-order valence-corrected chi connectivity index (χ0v) is 24.6. The second kappa shape index (κ2) is 11.7. The molecule has 13 heteroatoms. The van der Waals surface area contributed by atoms with Crippen LogP contribution in [-0.4, -0.2) is 46.5 Å². The van der Waals surface area contributed by atoms with Crippen molar-refractivity contribution in [2.45, 2.75) is 37.8 Å². The molecule has 1 fully saturated rings. The molecule has 1 saturated carbocycles. The summed E-state index contributed by atoms with van der Waals surface area (Å²) in [5.41, 5.74) is 0.526. The van der Waals surface area contributed by atoms with Crippen LogP contribution in [0, 0.1) is 11.6 Å². The number of carboxylic acid groups (broad SMARTS) is 1. The van der Waals surface area contributed by atoms with Crippen LogP contribution in [0.25, 0.3) is 33.5 Å². The second-order valence-corrected chi connectivity index (χ2v) is 11.4. The van der Waals surface area contributed by atoms with Crippen LogP contribution in [0.1, 0.15) is 52.6 Å². The number of rotatable bonds is 6. The summed E-state index contributed by atoms with van der Waals surface area (Å²) < 4.78 is 31.8. The van der Waals surface area contributed by atoms with E-state index in [4.69, 9.17) is 0 Å². The smallest absolute Gasteiger partial charge is 0.337 e. The summed E-state index contributed by atoms with van der Waals surface area (Å²) in [4.78, 5) is 61.1. The second-order valence-electron chi connectivity index (χ2n) is 11.4. The lowest BCUT2D eigenvalue weighted by atomic mass is 9.90. The number of amides is 1. The van der Waals surface area contributed by atoms with Crippen molar-refractivity contribution in [3.8, 4) is 16.8 Å². The summed E-state index contributed by atoms with van der Waals surface area (Å²) in [5, 5.41) is 12.6. The number of nitrogens with zero attached hydrogens (tertiary/aromatic N) is 5. The highest BCUT2D eigenvalue weighted by Gasteiger charge is 2.29. The van der Waals surface area contributed by atoms with Crippen molar-refractivity contribution in [1.82, 2.24) is 28.8 Å². The number of fused-ring (bicyclic) bond motifs is 2. The Morgan fingerprint density at radius 3 is 2.47 bits per heavy atom. The highest BCUT2D eigenvalue weighted by Crippen LogP contribution is 2.29. The summed E-state index contributed by atoms with van der Waals surface area (Å²) in [6.45, 7) is 0. The van der Waals surface area contributed by atoms with Crippen molar-refractivity contribution in [2.24, 2.45) is 0 Å². The summed E-state index contributed by atoms with van der Waals surface area (Å²) in [6.07, 6.45) is 5.24. The average molecular weight is 637 g/mol. The molecule has 4 aromatic heterocycles. The van der Waals surface area contributed by atoms with Gasteiger partial charge in [-0.05, 0) is 73.2 Å². The molecule has 2 aromatic carbocycles. The first-order valence-corrected chi connectivity index (χ1v) is 14.9. The average Bonchev–Trinajstić information content (AvgIpc) is 3.50. The van der Waals surface area contributed by atoms with Gasteiger partial charge in [-0.1, -0.05) is 30.3 Å². The molecule has 0 atom stereocenters. The minimum atomic E-state index is -1.11. The van der Waals surface area contributed by atoms with Gasteiger partial charge in [-0.2, -0.15) is 0 Å². The molecule has 2 N–H and O–H groups in total. The molecule has 7 rings (SSSR count). The summed E-state index contributed by atoms with van der Waals surface area (Å²) in [7, 11) is 0. The number of hydrogen-bond donors (Lipinski definition) is 2. The maximum atomic E-state index is 14.4. The lowest BCUT2D eigenvalue weighted by Crippen LogP contribution is -2.45. The molecule has 1 amide bonds. The topological polar surface area (TPSA) is 141 Å². The number of carbonyl (C=O) groups excluding carboxylic acids is 1. The van der Waals surface area contributed by atoms with E-state index < -0.39 is 40.8 Å². The van der Waals surface area contributed by atoms with E-state index in [0.717, 1.165) is 16.8 Å². The van der Waals surface area contributed by atoms with Crippen LogP contribution in [0.15, 0.2) is 94.9 Å². The molecule has 6 aromatic rings. The van der Waals surface area contributed by atoms with E-state index >= 15 is 0 Å². The number of pyridine rings is 2. The highest BCUT2D eigenvalue weighted by atomic mass is 19.1. The van der Waals surface area contributed by atoms with Gasteiger partial charge in [0.15, 0.2) is 5.65 Å². The molecule has 0 unspecified atom stereocenters. The molecular formula is C34H26F2N6O5. The lowest BCUT2D eigenvalue weighted by Gasteiger charge is -2.30. The predicted octanol–water partition coefficient (Wildman–Crippen LogP) is 4.75. The zero-order valence-electron chi connectivity index (χ0n) is 24.6. The molecule has 11 nitrogen and oxygen atoms in total. The van der Waals surface area contributed by atoms with Crippen LogP contribution >= 0.6 is 0 Å². The number of nitrogens with one attached hydrogen (secondary N) is 1. The first-order valence-electron chi connectivity index (χ1n) is 14.9. The molecule has 0 saturated heterocycles. The Labute approximate surface area is 264 Å². The van der Waals surface area contributed by atoms with Crippen LogP contribution in [0.3, 0.4) is 0 Å². The molecule has 4 heterocycles. The van der Waals surface area contributed by atoms with Crippen molar-refractivity contribution in [2.75, 3.05) is 0 Å². The molecule has 0 bridgehead atoms. The molecular weight excluding hydrogens is 610 g/mol. The van der Waals surface area contributed by atoms with E-state index in [1.165, 1.54) is 39.6 Å². The van der Waals surface area contributed by atoms with Crippen LogP contribution in [0.5, 0.6) is 0 Å². The fourth-order valence-electron chi connectivity index (χ4n) is 6.28. The molecule has 0 radical (unpaired) electrons. The van der Waals surface area contributed by atoms with Crippen molar-refractivity contribution >= 4 is 28.6 Å². The van der Waals surface area contributed by atoms with Gasteiger partial charge in [0.25, 0.3) is 11.5 Å². The number of imidazole rings is 1. The van der Waals surface area contributed by atoms with Gasteiger partial charge in [0.1, 0.15) is 23.0 Å². The first kappa shape index (κ1) is 29.7. The van der Waals surface area contributed by atoms with Gasteiger partial charge in [0.2, 0.25) is 0 Å². The summed E-state index contributed by atoms with van der Waals surface area (Å²) in [5.74, 6) is -2.73. The quantitative estimate of drug-likeness (QED) is 0.269. The minimum absolute atomic E-state index is 0.0328. The standard InChI is InChI=1S/C34H26F2N6O5/c35-20-8-13-29-39-28(18-40(29)17-20)31(43)38-22-9-11-23(12-10-22)42-32(44)27-15-21(36)16-37-30(27)41(34(42)47)24-5-3-4-19(14-24)25-6-1-2-7-26(25)33(45)46/h1-8,13-18,22-23H,9-12H2,(H,38,43)(H,45,46)/t22-,23+. The number of carbonyl (C=O) groups is 2. The minimum Gasteiger partial charge on any atom is -0.478 e. The predicted molar refractivity (Wildman–Crippen MR) is 168 cm³/mol. The Balaban J connectivity index is 1.21. The van der Waals surface area contributed by atoms with E-state index in [0.29, 0.717) is 48.1 Å². The van der Waals surface area contributed by atoms with Crippen LogP contribution in [0.4, 0.5) is 8.78 Å². The summed E-state index contributed by atoms with van der Waals surface area (Å²) in [6, 6.07) is 16.1. The van der Waals surface area contributed by atoms with E-state index in [1.807, 2.05) is 0 Å². The van der Waals surface area contributed by atoms with Crippen molar-refractivity contribution < 1.29 is 23.5 Å². The van der Waals surface area contributed by atoms with Gasteiger partial charge in [0.05, 0.1) is 22.8 Å². The van der Waals surface area contributed by atoms with E-state index in [-0.39, 0.29) is 28.3 Å². The van der Waals surface area contributed by atoms with Crippen molar-refractivity contribution in [3.05, 3.63) is 129 Å². The highest BCUT2D eigenvalue weighted by molar-refractivity contribution is 5.96. The van der Waals surface area contributed by atoms with Gasteiger partial charge in [-0.25, -0.2) is 32.9 Å². The Kier molecular flexibility index (Phi) is 7.43. The number of hydrogen-bond acceptors (Lipinski definition) is 6. The molecule has 1 aliphatic carbocycles. The Hall–Kier alpha value is -5.98. The number of aromatic carboxylic acids is 1. The molecule has 1 aliphatic rings. The molecule has 236 valence electrons. The number of benzene rings is 2. The fraction of sp³-hybridized carbons (Fsp3) is 0.176. The third-order valence-electron chi connectivity index (χ3n) is 8.51. The van der Waals surface area contributed by atoms with Crippen LogP contribution < -0.4 is 16.6 Å². The Morgan fingerprint density at radius 2 is 1.68 bits per heavy atom. The molecule has 0 aliphatic heterocycles. The van der Waals surface area contributed by atoms with E-state index in [1.54, 1.807) is 42.5 Å².